The molecule has 0 spiro atoms. The van der Waals surface area contributed by atoms with Gasteiger partial charge < -0.3 is 25.2 Å². The number of aliphatic hydroxyl groups is 1. The topological polar surface area (TPSA) is 90.2 Å². The van der Waals surface area contributed by atoms with Crippen molar-refractivity contribution in [1.29, 1.82) is 0 Å². The molecule has 110 valence electrons. The predicted molar refractivity (Wildman–Crippen MR) is 75.7 cm³/mol. The molecule has 1 heterocycles. The average Bonchev–Trinajstić information content (AvgIpc) is 2.46. The molecule has 21 heavy (non-hydrogen) atoms. The number of ether oxygens (including phenoxy) is 1. The predicted octanol–water partition coefficient (Wildman–Crippen LogP) is 2.15. The second-order valence-electron chi connectivity index (χ2n) is 5.26. The molecular weight excluding hydrogens is 272 g/mol. The van der Waals surface area contributed by atoms with Gasteiger partial charge in [0.1, 0.15) is 17.6 Å². The maximum absolute atomic E-state index is 10.3. The highest BCUT2D eigenvalue weighted by Gasteiger charge is 2.31. The molecule has 0 amide bonds. The van der Waals surface area contributed by atoms with Crippen LogP contribution in [0, 0.1) is 6.92 Å². The molecule has 0 bridgehead atoms. The fraction of sp³-hybridized carbons (Fsp3) is 0.250. The lowest BCUT2D eigenvalue weighted by molar-refractivity contribution is 0.0200. The van der Waals surface area contributed by atoms with Crippen molar-refractivity contribution in [3.05, 3.63) is 47.0 Å². The highest BCUT2D eigenvalue weighted by atomic mass is 16.5. The summed E-state index contributed by atoms with van der Waals surface area (Å²) in [6.45, 7) is 1.75. The number of hydrogen-bond acceptors (Lipinski definition) is 5. The van der Waals surface area contributed by atoms with Crippen molar-refractivity contribution in [3.63, 3.8) is 0 Å². The van der Waals surface area contributed by atoms with Crippen molar-refractivity contribution in [2.75, 3.05) is 0 Å². The van der Waals surface area contributed by atoms with Crippen LogP contribution in [0.3, 0.4) is 0 Å². The Balaban J connectivity index is 2.01. The number of rotatable bonds is 1. The summed E-state index contributed by atoms with van der Waals surface area (Å²) in [6.07, 6.45) is -1.04. The first-order chi connectivity index (χ1) is 9.97. The van der Waals surface area contributed by atoms with Crippen LogP contribution in [0.5, 0.6) is 23.0 Å². The first-order valence-corrected chi connectivity index (χ1v) is 6.65. The summed E-state index contributed by atoms with van der Waals surface area (Å²) in [6, 6.07) is 7.62. The van der Waals surface area contributed by atoms with Gasteiger partial charge >= 0.3 is 0 Å². The van der Waals surface area contributed by atoms with Gasteiger partial charge in [-0.15, -0.1) is 0 Å². The Labute approximate surface area is 121 Å². The molecule has 1 aliphatic rings. The molecule has 2 aromatic rings. The van der Waals surface area contributed by atoms with Crippen molar-refractivity contribution in [1.82, 2.24) is 0 Å². The Morgan fingerprint density at radius 3 is 2.43 bits per heavy atom. The third-order valence-corrected chi connectivity index (χ3v) is 3.81. The van der Waals surface area contributed by atoms with Crippen molar-refractivity contribution in [2.45, 2.75) is 25.6 Å². The lowest BCUT2D eigenvalue weighted by atomic mass is 9.93. The van der Waals surface area contributed by atoms with E-state index in [1.54, 1.807) is 25.1 Å². The van der Waals surface area contributed by atoms with Gasteiger partial charge in [-0.1, -0.05) is 12.1 Å². The van der Waals surface area contributed by atoms with Crippen LogP contribution in [0.4, 0.5) is 0 Å². The van der Waals surface area contributed by atoms with E-state index in [2.05, 4.69) is 0 Å². The number of phenols is 3. The van der Waals surface area contributed by atoms with Crippen molar-refractivity contribution < 1.29 is 25.2 Å². The average molecular weight is 288 g/mol. The van der Waals surface area contributed by atoms with Gasteiger partial charge in [0.25, 0.3) is 0 Å². The molecule has 0 saturated heterocycles. The van der Waals surface area contributed by atoms with Crippen LogP contribution in [0.2, 0.25) is 0 Å². The highest BCUT2D eigenvalue weighted by molar-refractivity contribution is 5.51. The van der Waals surface area contributed by atoms with Crippen molar-refractivity contribution in [2.24, 2.45) is 0 Å². The van der Waals surface area contributed by atoms with Gasteiger partial charge in [0, 0.05) is 12.0 Å². The van der Waals surface area contributed by atoms with Crippen LogP contribution >= 0.6 is 0 Å². The van der Waals surface area contributed by atoms with Gasteiger partial charge in [-0.25, -0.2) is 0 Å². The van der Waals surface area contributed by atoms with E-state index in [-0.39, 0.29) is 17.2 Å². The van der Waals surface area contributed by atoms with Gasteiger partial charge in [-0.05, 0) is 36.2 Å². The van der Waals surface area contributed by atoms with Gasteiger partial charge in [0.15, 0.2) is 11.5 Å². The second kappa shape index (κ2) is 4.86. The largest absolute Gasteiger partial charge is 0.508 e. The van der Waals surface area contributed by atoms with E-state index in [0.29, 0.717) is 23.3 Å². The number of aliphatic hydroxyl groups excluding tert-OH is 1. The zero-order valence-electron chi connectivity index (χ0n) is 11.4. The van der Waals surface area contributed by atoms with Crippen LogP contribution in [-0.4, -0.2) is 26.5 Å². The van der Waals surface area contributed by atoms with Crippen LogP contribution in [-0.2, 0) is 6.42 Å². The summed E-state index contributed by atoms with van der Waals surface area (Å²) in [4.78, 5) is 0. The minimum absolute atomic E-state index is 0.137. The summed E-state index contributed by atoms with van der Waals surface area (Å²) >= 11 is 0. The Hall–Kier alpha value is -2.40. The maximum Gasteiger partial charge on any atom is 0.157 e. The van der Waals surface area contributed by atoms with E-state index in [9.17, 15) is 20.4 Å². The zero-order chi connectivity index (χ0) is 15.1. The highest BCUT2D eigenvalue weighted by Crippen LogP contribution is 2.41. The molecular formula is C16H16O5. The molecule has 2 unspecified atom stereocenters. The summed E-state index contributed by atoms with van der Waals surface area (Å²) < 4.78 is 5.83. The summed E-state index contributed by atoms with van der Waals surface area (Å²) in [5, 5.41) is 39.0. The monoisotopic (exact) mass is 288 g/mol. The Bertz CT molecular complexity index is 695. The quantitative estimate of drug-likeness (QED) is 0.604. The Morgan fingerprint density at radius 2 is 1.71 bits per heavy atom. The molecule has 2 atom stereocenters. The maximum atomic E-state index is 10.3. The van der Waals surface area contributed by atoms with Crippen LogP contribution in [0.25, 0.3) is 0 Å². The molecule has 0 aliphatic carbocycles. The fourth-order valence-corrected chi connectivity index (χ4v) is 2.61. The van der Waals surface area contributed by atoms with Crippen LogP contribution in [0.1, 0.15) is 22.8 Å². The normalized spacial score (nSPS) is 20.7. The zero-order valence-corrected chi connectivity index (χ0v) is 11.4. The molecule has 0 radical (unpaired) electrons. The standard InChI is InChI=1S/C16H16O5/c1-8-11(17)4-2-9-7-14(20)16(21-15(8)9)10-3-5-12(18)13(19)6-10/h2-6,14,16-20H,7H2,1H3. The first kappa shape index (κ1) is 13.6. The minimum Gasteiger partial charge on any atom is -0.508 e. The molecule has 0 aromatic heterocycles. The van der Waals surface area contributed by atoms with E-state index >= 15 is 0 Å². The summed E-state index contributed by atoms with van der Waals surface area (Å²) in [7, 11) is 0. The number of phenolic OH excluding ortho intramolecular Hbond substituents is 3. The molecule has 0 saturated carbocycles. The number of benzene rings is 2. The Kier molecular flexibility index (Phi) is 3.14. The third-order valence-electron chi connectivity index (χ3n) is 3.81. The molecule has 5 nitrogen and oxygen atoms in total. The lowest BCUT2D eigenvalue weighted by Gasteiger charge is -2.32. The van der Waals surface area contributed by atoms with Gasteiger partial charge in [0.2, 0.25) is 0 Å². The SMILES string of the molecule is Cc1c(O)ccc2c1OC(c1ccc(O)c(O)c1)C(O)C2. The van der Waals surface area contributed by atoms with Crippen LogP contribution < -0.4 is 4.74 Å². The summed E-state index contributed by atoms with van der Waals surface area (Å²) in [5.41, 5.74) is 2.01. The van der Waals surface area contributed by atoms with Crippen LogP contribution in [0.15, 0.2) is 30.3 Å². The number of hydrogen-bond donors (Lipinski definition) is 4. The number of fused-ring (bicyclic) bond motifs is 1. The Morgan fingerprint density at radius 1 is 1.00 bits per heavy atom. The molecule has 4 N–H and O–H groups in total. The molecule has 2 aromatic carbocycles. The summed E-state index contributed by atoms with van der Waals surface area (Å²) in [5.74, 6) is 0.204. The minimum atomic E-state index is -0.773. The van der Waals surface area contributed by atoms with E-state index in [1.165, 1.54) is 12.1 Å². The molecule has 3 rings (SSSR count). The second-order valence-corrected chi connectivity index (χ2v) is 5.26. The third kappa shape index (κ3) is 2.25. The van der Waals surface area contributed by atoms with Crippen molar-refractivity contribution in [3.8, 4) is 23.0 Å². The van der Waals surface area contributed by atoms with Gasteiger partial charge in [-0.2, -0.15) is 0 Å². The fourth-order valence-electron chi connectivity index (χ4n) is 2.61. The van der Waals surface area contributed by atoms with Crippen molar-refractivity contribution >= 4 is 0 Å². The van der Waals surface area contributed by atoms with Gasteiger partial charge in [-0.3, -0.25) is 0 Å². The van der Waals surface area contributed by atoms with E-state index in [0.717, 1.165) is 5.56 Å². The van der Waals surface area contributed by atoms with E-state index in [4.69, 9.17) is 4.74 Å². The molecule has 0 fully saturated rings. The molecule has 5 heteroatoms. The lowest BCUT2D eigenvalue weighted by Crippen LogP contribution is -2.30. The van der Waals surface area contributed by atoms with E-state index in [1.807, 2.05) is 0 Å². The molecule has 1 aliphatic heterocycles. The van der Waals surface area contributed by atoms with Gasteiger partial charge in [0.05, 0.1) is 6.10 Å². The smallest absolute Gasteiger partial charge is 0.157 e. The number of aromatic hydroxyl groups is 3. The first-order valence-electron chi connectivity index (χ1n) is 6.65. The van der Waals surface area contributed by atoms with E-state index < -0.39 is 12.2 Å².